The van der Waals surface area contributed by atoms with E-state index < -0.39 is 0 Å². The standard InChI is InChI=1S/C16H22ClN3/c1-5-13-15(17)14(20(6-2)19-13)10-18-16-11(3)8-7-9-12(16)4/h7-9,18H,5-6,10H2,1-4H3. The van der Waals surface area contributed by atoms with Crippen molar-refractivity contribution >= 4 is 17.3 Å². The van der Waals surface area contributed by atoms with Crippen molar-refractivity contribution in [1.82, 2.24) is 9.78 Å². The van der Waals surface area contributed by atoms with Crippen molar-refractivity contribution in [1.29, 1.82) is 0 Å². The SMILES string of the molecule is CCc1nn(CC)c(CNc2c(C)cccc2C)c1Cl. The summed E-state index contributed by atoms with van der Waals surface area (Å²) in [5.41, 5.74) is 5.73. The van der Waals surface area contributed by atoms with E-state index in [1.54, 1.807) is 0 Å². The number of hydrogen-bond acceptors (Lipinski definition) is 2. The van der Waals surface area contributed by atoms with Crippen LogP contribution in [0.25, 0.3) is 0 Å². The lowest BCUT2D eigenvalue weighted by atomic mass is 10.1. The first-order valence-corrected chi connectivity index (χ1v) is 7.50. The van der Waals surface area contributed by atoms with Crippen molar-refractivity contribution in [2.45, 2.75) is 47.2 Å². The van der Waals surface area contributed by atoms with Gasteiger partial charge in [0.2, 0.25) is 0 Å². The van der Waals surface area contributed by atoms with Crippen LogP contribution in [0.3, 0.4) is 0 Å². The van der Waals surface area contributed by atoms with E-state index in [1.807, 2.05) is 4.68 Å². The van der Waals surface area contributed by atoms with Gasteiger partial charge in [0.1, 0.15) is 0 Å². The Morgan fingerprint density at radius 2 is 1.85 bits per heavy atom. The van der Waals surface area contributed by atoms with Gasteiger partial charge in [0.15, 0.2) is 0 Å². The molecule has 1 N–H and O–H groups in total. The van der Waals surface area contributed by atoms with E-state index in [9.17, 15) is 0 Å². The Morgan fingerprint density at radius 3 is 2.40 bits per heavy atom. The molecular formula is C16H22ClN3. The van der Waals surface area contributed by atoms with Gasteiger partial charge in [-0.3, -0.25) is 4.68 Å². The second kappa shape index (κ2) is 6.31. The van der Waals surface area contributed by atoms with Crippen LogP contribution in [0.5, 0.6) is 0 Å². The summed E-state index contributed by atoms with van der Waals surface area (Å²) in [7, 11) is 0. The summed E-state index contributed by atoms with van der Waals surface area (Å²) >= 11 is 6.43. The van der Waals surface area contributed by atoms with Crippen molar-refractivity contribution in [3.8, 4) is 0 Å². The van der Waals surface area contributed by atoms with Crippen molar-refractivity contribution in [3.05, 3.63) is 45.7 Å². The van der Waals surface area contributed by atoms with Crippen LogP contribution in [0.2, 0.25) is 5.02 Å². The zero-order chi connectivity index (χ0) is 14.7. The maximum absolute atomic E-state index is 6.43. The third-order valence-corrected chi connectivity index (χ3v) is 4.04. The second-order valence-electron chi connectivity index (χ2n) is 5.00. The van der Waals surface area contributed by atoms with Gasteiger partial charge in [-0.15, -0.1) is 0 Å². The van der Waals surface area contributed by atoms with E-state index in [-0.39, 0.29) is 0 Å². The normalized spacial score (nSPS) is 10.8. The van der Waals surface area contributed by atoms with Crippen molar-refractivity contribution in [2.24, 2.45) is 0 Å². The van der Waals surface area contributed by atoms with Gasteiger partial charge in [-0.1, -0.05) is 36.7 Å². The first-order valence-electron chi connectivity index (χ1n) is 7.12. The van der Waals surface area contributed by atoms with E-state index in [0.29, 0.717) is 6.54 Å². The molecule has 1 heterocycles. The minimum Gasteiger partial charge on any atom is -0.379 e. The van der Waals surface area contributed by atoms with Crippen molar-refractivity contribution < 1.29 is 0 Å². The van der Waals surface area contributed by atoms with Crippen LogP contribution in [-0.2, 0) is 19.5 Å². The number of para-hydroxylation sites is 1. The lowest BCUT2D eigenvalue weighted by Crippen LogP contribution is -2.09. The molecular weight excluding hydrogens is 270 g/mol. The molecule has 20 heavy (non-hydrogen) atoms. The molecule has 0 radical (unpaired) electrons. The molecule has 1 aromatic heterocycles. The highest BCUT2D eigenvalue weighted by atomic mass is 35.5. The third-order valence-electron chi connectivity index (χ3n) is 3.61. The van der Waals surface area contributed by atoms with E-state index in [4.69, 9.17) is 11.6 Å². The first kappa shape index (κ1) is 14.9. The highest BCUT2D eigenvalue weighted by Gasteiger charge is 2.14. The molecule has 0 atom stereocenters. The zero-order valence-electron chi connectivity index (χ0n) is 12.6. The number of aromatic nitrogens is 2. The summed E-state index contributed by atoms with van der Waals surface area (Å²) < 4.78 is 1.99. The molecule has 0 amide bonds. The Morgan fingerprint density at radius 1 is 1.20 bits per heavy atom. The molecule has 2 aromatic rings. The number of nitrogens with one attached hydrogen (secondary N) is 1. The minimum atomic E-state index is 0.700. The van der Waals surface area contributed by atoms with E-state index in [2.05, 4.69) is 56.3 Å². The minimum absolute atomic E-state index is 0.700. The predicted molar refractivity (Wildman–Crippen MR) is 85.5 cm³/mol. The summed E-state index contributed by atoms with van der Waals surface area (Å²) in [5, 5.41) is 8.85. The lowest BCUT2D eigenvalue weighted by Gasteiger charge is -2.13. The van der Waals surface area contributed by atoms with E-state index in [1.165, 1.54) is 16.8 Å². The number of nitrogens with zero attached hydrogens (tertiary/aromatic N) is 2. The molecule has 4 heteroatoms. The number of halogens is 1. The number of anilines is 1. The summed E-state index contributed by atoms with van der Waals surface area (Å²) in [6.07, 6.45) is 0.863. The molecule has 0 saturated heterocycles. The van der Waals surface area contributed by atoms with E-state index >= 15 is 0 Å². The fourth-order valence-electron chi connectivity index (χ4n) is 2.45. The summed E-state index contributed by atoms with van der Waals surface area (Å²) in [6.45, 7) is 9.94. The Labute approximate surface area is 126 Å². The molecule has 108 valence electrons. The Kier molecular flexibility index (Phi) is 4.71. The van der Waals surface area contributed by atoms with Gasteiger partial charge in [0.05, 0.1) is 23.0 Å². The molecule has 0 unspecified atom stereocenters. The number of benzene rings is 1. The fraction of sp³-hybridized carbons (Fsp3) is 0.438. The predicted octanol–water partition coefficient (Wildman–Crippen LogP) is 4.35. The lowest BCUT2D eigenvalue weighted by molar-refractivity contribution is 0.619. The van der Waals surface area contributed by atoms with E-state index in [0.717, 1.165) is 29.4 Å². The molecule has 1 aromatic carbocycles. The number of aryl methyl sites for hydroxylation is 4. The molecule has 0 aliphatic heterocycles. The van der Waals surface area contributed by atoms with Gasteiger partial charge < -0.3 is 5.32 Å². The van der Waals surface area contributed by atoms with Crippen LogP contribution >= 0.6 is 11.6 Å². The van der Waals surface area contributed by atoms with Crippen LogP contribution in [0.4, 0.5) is 5.69 Å². The Bertz CT molecular complexity index is 582. The average Bonchev–Trinajstić information content (AvgIpc) is 2.74. The van der Waals surface area contributed by atoms with Gasteiger partial charge in [-0.2, -0.15) is 5.10 Å². The van der Waals surface area contributed by atoms with Gasteiger partial charge in [-0.25, -0.2) is 0 Å². The maximum Gasteiger partial charge on any atom is 0.0868 e. The van der Waals surface area contributed by atoms with Gasteiger partial charge in [-0.05, 0) is 38.3 Å². The topological polar surface area (TPSA) is 29.9 Å². The van der Waals surface area contributed by atoms with Gasteiger partial charge >= 0.3 is 0 Å². The average molecular weight is 292 g/mol. The molecule has 0 aliphatic carbocycles. The van der Waals surface area contributed by atoms with Gasteiger partial charge in [0.25, 0.3) is 0 Å². The first-order chi connectivity index (χ1) is 9.58. The fourth-order valence-corrected chi connectivity index (χ4v) is 2.79. The van der Waals surface area contributed by atoms with Crippen LogP contribution in [0, 0.1) is 13.8 Å². The molecule has 0 spiro atoms. The third kappa shape index (κ3) is 2.83. The largest absolute Gasteiger partial charge is 0.379 e. The van der Waals surface area contributed by atoms with Crippen LogP contribution < -0.4 is 5.32 Å². The molecule has 0 aliphatic rings. The highest BCUT2D eigenvalue weighted by molar-refractivity contribution is 6.31. The summed E-state index contributed by atoms with van der Waals surface area (Å²) in [4.78, 5) is 0. The second-order valence-corrected chi connectivity index (χ2v) is 5.38. The number of rotatable bonds is 5. The molecule has 0 saturated carbocycles. The Balaban J connectivity index is 2.25. The van der Waals surface area contributed by atoms with Crippen molar-refractivity contribution in [3.63, 3.8) is 0 Å². The number of hydrogen-bond donors (Lipinski definition) is 1. The van der Waals surface area contributed by atoms with Gasteiger partial charge in [0, 0.05) is 12.2 Å². The van der Waals surface area contributed by atoms with Crippen LogP contribution in [0.15, 0.2) is 18.2 Å². The zero-order valence-corrected chi connectivity index (χ0v) is 13.4. The molecule has 0 fully saturated rings. The van der Waals surface area contributed by atoms with Crippen molar-refractivity contribution in [2.75, 3.05) is 5.32 Å². The maximum atomic E-state index is 6.43. The van der Waals surface area contributed by atoms with Crippen LogP contribution in [0.1, 0.15) is 36.4 Å². The molecule has 3 nitrogen and oxygen atoms in total. The van der Waals surface area contributed by atoms with Crippen LogP contribution in [-0.4, -0.2) is 9.78 Å². The quantitative estimate of drug-likeness (QED) is 0.887. The smallest absolute Gasteiger partial charge is 0.0868 e. The Hall–Kier alpha value is -1.48. The highest BCUT2D eigenvalue weighted by Crippen LogP contribution is 2.25. The molecule has 0 bridgehead atoms. The molecule has 2 rings (SSSR count). The monoisotopic (exact) mass is 291 g/mol. The summed E-state index contributed by atoms with van der Waals surface area (Å²) in [5.74, 6) is 0. The summed E-state index contributed by atoms with van der Waals surface area (Å²) in [6, 6.07) is 6.31.